The molecule has 152 valence electrons. The summed E-state index contributed by atoms with van der Waals surface area (Å²) in [7, 11) is -3.57. The molecule has 0 unspecified atom stereocenters. The minimum absolute atomic E-state index is 0.127. The lowest BCUT2D eigenvalue weighted by Crippen LogP contribution is -2.30. The van der Waals surface area contributed by atoms with Crippen molar-refractivity contribution in [1.29, 1.82) is 0 Å². The molecule has 3 rings (SSSR count). The molecule has 0 atom stereocenters. The van der Waals surface area contributed by atoms with Crippen LogP contribution in [-0.2, 0) is 21.4 Å². The Morgan fingerprint density at radius 2 is 1.66 bits per heavy atom. The lowest BCUT2D eigenvalue weighted by Gasteiger charge is -2.18. The van der Waals surface area contributed by atoms with E-state index in [9.17, 15) is 13.2 Å². The van der Waals surface area contributed by atoms with Crippen molar-refractivity contribution in [3.8, 4) is 11.5 Å². The monoisotopic (exact) mass is 415 g/mol. The van der Waals surface area contributed by atoms with Crippen LogP contribution in [0.4, 0.5) is 0 Å². The van der Waals surface area contributed by atoms with E-state index >= 15 is 0 Å². The fourth-order valence-corrected chi connectivity index (χ4v) is 4.15. The number of hydrogen-bond donors (Lipinski definition) is 0. The van der Waals surface area contributed by atoms with Gasteiger partial charge in [-0.3, -0.25) is 0 Å². The van der Waals surface area contributed by atoms with Crippen molar-refractivity contribution in [2.75, 3.05) is 13.1 Å². The zero-order valence-electron chi connectivity index (χ0n) is 16.1. The molecule has 0 amide bonds. The number of carbonyl (C=O) groups excluding carboxylic acids is 1. The van der Waals surface area contributed by atoms with Gasteiger partial charge in [0.05, 0.1) is 10.5 Å². The van der Waals surface area contributed by atoms with Gasteiger partial charge >= 0.3 is 5.97 Å². The molecule has 0 fully saturated rings. The Hall–Kier alpha value is -3.04. The highest BCUT2D eigenvalue weighted by atomic mass is 32.2. The first kappa shape index (κ1) is 20.7. The van der Waals surface area contributed by atoms with Crippen LogP contribution in [0.5, 0.6) is 0 Å². The SMILES string of the molecule is CCN(CC)S(=O)(=O)c1ccc(C(=O)OCc2nnc(-c3ccccc3)o2)cc1. The van der Waals surface area contributed by atoms with Gasteiger partial charge < -0.3 is 9.15 Å². The van der Waals surface area contributed by atoms with E-state index in [0.29, 0.717) is 19.0 Å². The smallest absolute Gasteiger partial charge is 0.338 e. The number of rotatable bonds is 8. The van der Waals surface area contributed by atoms with E-state index < -0.39 is 16.0 Å². The molecule has 0 aliphatic heterocycles. The molecular weight excluding hydrogens is 394 g/mol. The number of aromatic nitrogens is 2. The topological polar surface area (TPSA) is 103 Å². The normalized spacial score (nSPS) is 11.6. The summed E-state index contributed by atoms with van der Waals surface area (Å²) in [5.41, 5.74) is 0.994. The van der Waals surface area contributed by atoms with E-state index in [1.807, 2.05) is 30.3 Å². The van der Waals surface area contributed by atoms with Gasteiger partial charge in [0.1, 0.15) is 0 Å². The molecule has 0 bridgehead atoms. The quantitative estimate of drug-likeness (QED) is 0.521. The molecule has 9 heteroatoms. The third-order valence-corrected chi connectivity index (χ3v) is 6.31. The number of benzene rings is 2. The molecule has 1 aromatic heterocycles. The molecule has 3 aromatic rings. The van der Waals surface area contributed by atoms with E-state index in [2.05, 4.69) is 10.2 Å². The summed E-state index contributed by atoms with van der Waals surface area (Å²) in [5.74, 6) is -0.114. The molecular formula is C20H21N3O5S. The van der Waals surface area contributed by atoms with Crippen LogP contribution < -0.4 is 0 Å². The van der Waals surface area contributed by atoms with Gasteiger partial charge in [-0.15, -0.1) is 10.2 Å². The van der Waals surface area contributed by atoms with Crippen molar-refractivity contribution in [3.63, 3.8) is 0 Å². The predicted molar refractivity (Wildman–Crippen MR) is 105 cm³/mol. The van der Waals surface area contributed by atoms with Crippen LogP contribution in [0.15, 0.2) is 63.9 Å². The van der Waals surface area contributed by atoms with Crippen LogP contribution in [-0.4, -0.2) is 42.0 Å². The van der Waals surface area contributed by atoms with Gasteiger partial charge in [-0.05, 0) is 36.4 Å². The second kappa shape index (κ2) is 8.97. The van der Waals surface area contributed by atoms with Crippen LogP contribution in [0.2, 0.25) is 0 Å². The van der Waals surface area contributed by atoms with Crippen molar-refractivity contribution < 1.29 is 22.4 Å². The van der Waals surface area contributed by atoms with E-state index in [0.717, 1.165) is 5.56 Å². The maximum atomic E-state index is 12.5. The van der Waals surface area contributed by atoms with E-state index in [-0.39, 0.29) is 23.0 Å². The van der Waals surface area contributed by atoms with Crippen molar-refractivity contribution in [3.05, 3.63) is 66.1 Å². The molecule has 0 spiro atoms. The Balaban J connectivity index is 1.64. The van der Waals surface area contributed by atoms with Crippen molar-refractivity contribution in [1.82, 2.24) is 14.5 Å². The number of nitrogens with zero attached hydrogens (tertiary/aromatic N) is 3. The average Bonchev–Trinajstić information content (AvgIpc) is 3.22. The molecule has 0 aliphatic rings. The Labute approximate surface area is 169 Å². The third kappa shape index (κ3) is 4.69. The van der Waals surface area contributed by atoms with Gasteiger partial charge in [-0.25, -0.2) is 13.2 Å². The van der Waals surface area contributed by atoms with Crippen LogP contribution >= 0.6 is 0 Å². The lowest BCUT2D eigenvalue weighted by molar-refractivity contribution is 0.0438. The Bertz CT molecular complexity index is 1060. The van der Waals surface area contributed by atoms with Crippen LogP contribution in [0.1, 0.15) is 30.1 Å². The summed E-state index contributed by atoms with van der Waals surface area (Å²) in [6, 6.07) is 14.9. The first-order valence-corrected chi connectivity index (χ1v) is 10.5. The van der Waals surface area contributed by atoms with Crippen LogP contribution in [0.25, 0.3) is 11.5 Å². The Morgan fingerprint density at radius 3 is 2.28 bits per heavy atom. The first-order valence-electron chi connectivity index (χ1n) is 9.10. The Kier molecular flexibility index (Phi) is 6.40. The predicted octanol–water partition coefficient (Wildman–Crippen LogP) is 3.12. The summed E-state index contributed by atoms with van der Waals surface area (Å²) in [6.45, 7) is 4.11. The van der Waals surface area contributed by atoms with Gasteiger partial charge in [-0.2, -0.15) is 4.31 Å². The zero-order valence-corrected chi connectivity index (χ0v) is 16.9. The average molecular weight is 415 g/mol. The van der Waals surface area contributed by atoms with Crippen molar-refractivity contribution >= 4 is 16.0 Å². The highest BCUT2D eigenvalue weighted by molar-refractivity contribution is 7.89. The molecule has 0 aliphatic carbocycles. The molecule has 8 nitrogen and oxygen atoms in total. The number of esters is 1. The van der Waals surface area contributed by atoms with Crippen LogP contribution in [0, 0.1) is 0 Å². The fraction of sp³-hybridized carbons (Fsp3) is 0.250. The van der Waals surface area contributed by atoms with Crippen molar-refractivity contribution in [2.24, 2.45) is 0 Å². The minimum Gasteiger partial charge on any atom is -0.452 e. The van der Waals surface area contributed by atoms with Gasteiger partial charge in [-0.1, -0.05) is 32.0 Å². The highest BCUT2D eigenvalue weighted by Gasteiger charge is 2.22. The molecule has 0 saturated heterocycles. The number of ether oxygens (including phenoxy) is 1. The third-order valence-electron chi connectivity index (χ3n) is 4.25. The van der Waals surface area contributed by atoms with Crippen LogP contribution in [0.3, 0.4) is 0 Å². The lowest BCUT2D eigenvalue weighted by atomic mass is 10.2. The largest absolute Gasteiger partial charge is 0.452 e. The zero-order chi connectivity index (χ0) is 20.9. The van der Waals surface area contributed by atoms with Gasteiger partial charge in [0.25, 0.3) is 5.89 Å². The second-order valence-corrected chi connectivity index (χ2v) is 7.99. The minimum atomic E-state index is -3.57. The van der Waals surface area contributed by atoms with Gasteiger partial charge in [0.2, 0.25) is 15.9 Å². The molecule has 0 radical (unpaired) electrons. The standard InChI is InChI=1S/C20H21N3O5S/c1-3-23(4-2)29(25,26)17-12-10-16(11-13-17)20(24)27-14-18-21-22-19(28-18)15-8-6-5-7-9-15/h5-13H,3-4,14H2,1-2H3. The molecule has 0 saturated carbocycles. The van der Waals surface area contributed by atoms with E-state index in [4.69, 9.17) is 9.15 Å². The van der Waals surface area contributed by atoms with Gasteiger partial charge in [0.15, 0.2) is 6.61 Å². The first-order chi connectivity index (χ1) is 14.0. The van der Waals surface area contributed by atoms with Gasteiger partial charge in [0, 0.05) is 18.7 Å². The molecule has 1 heterocycles. The van der Waals surface area contributed by atoms with E-state index in [1.165, 1.54) is 28.6 Å². The Morgan fingerprint density at radius 1 is 1.00 bits per heavy atom. The molecule has 29 heavy (non-hydrogen) atoms. The second-order valence-electron chi connectivity index (χ2n) is 6.06. The summed E-state index contributed by atoms with van der Waals surface area (Å²) >= 11 is 0. The highest BCUT2D eigenvalue weighted by Crippen LogP contribution is 2.19. The maximum absolute atomic E-state index is 12.5. The number of carbonyl (C=O) groups is 1. The number of hydrogen-bond acceptors (Lipinski definition) is 7. The summed E-state index contributed by atoms with van der Waals surface area (Å²) in [5, 5.41) is 7.79. The summed E-state index contributed by atoms with van der Waals surface area (Å²) in [6.07, 6.45) is 0. The molecule has 0 N–H and O–H groups in total. The maximum Gasteiger partial charge on any atom is 0.338 e. The summed E-state index contributed by atoms with van der Waals surface area (Å²) in [4.78, 5) is 12.4. The summed E-state index contributed by atoms with van der Waals surface area (Å²) < 4.78 is 37.0. The van der Waals surface area contributed by atoms with Crippen molar-refractivity contribution in [2.45, 2.75) is 25.3 Å². The molecule has 2 aromatic carbocycles. The van der Waals surface area contributed by atoms with E-state index in [1.54, 1.807) is 13.8 Å². The fourth-order valence-electron chi connectivity index (χ4n) is 2.70. The number of sulfonamides is 1.